The van der Waals surface area contributed by atoms with Crippen molar-refractivity contribution in [3.63, 3.8) is 0 Å². The van der Waals surface area contributed by atoms with Crippen molar-refractivity contribution < 1.29 is 14.7 Å². The van der Waals surface area contributed by atoms with Gasteiger partial charge in [0, 0.05) is 18.6 Å². The second-order valence-electron chi connectivity index (χ2n) is 6.69. The highest BCUT2D eigenvalue weighted by Gasteiger charge is 2.41. The van der Waals surface area contributed by atoms with Gasteiger partial charge in [-0.05, 0) is 45.6 Å². The minimum absolute atomic E-state index is 0.0523. The Bertz CT molecular complexity index is 385. The number of piperidine rings is 1. The molecule has 20 heavy (non-hydrogen) atoms. The van der Waals surface area contributed by atoms with Crippen molar-refractivity contribution in [2.24, 2.45) is 17.8 Å². The molecular formula is C15H26N2O3. The maximum atomic E-state index is 12.4. The largest absolute Gasteiger partial charge is 0.481 e. The van der Waals surface area contributed by atoms with E-state index in [0.29, 0.717) is 24.8 Å². The average molecular weight is 282 g/mol. The standard InChI is InChI=1S/C15H26N2O3/c1-9-6-12(13(7-9)15(19)20)14(18)16-11-4-5-17(3)10(2)8-11/h9-13H,4-8H2,1-3H3,(H,16,18)(H,19,20)/t9?,10?,11?,12-,13+/m0/s1. The van der Waals surface area contributed by atoms with Gasteiger partial charge in [-0.1, -0.05) is 6.92 Å². The number of hydrogen-bond donors (Lipinski definition) is 2. The summed E-state index contributed by atoms with van der Waals surface area (Å²) < 4.78 is 0. The zero-order valence-corrected chi connectivity index (χ0v) is 12.6. The Kier molecular flexibility index (Phi) is 4.68. The van der Waals surface area contributed by atoms with Crippen LogP contribution in [-0.4, -0.2) is 47.6 Å². The van der Waals surface area contributed by atoms with Crippen molar-refractivity contribution in [1.82, 2.24) is 10.2 Å². The van der Waals surface area contributed by atoms with Gasteiger partial charge in [-0.25, -0.2) is 0 Å². The fraction of sp³-hybridized carbons (Fsp3) is 0.867. The summed E-state index contributed by atoms with van der Waals surface area (Å²) in [4.78, 5) is 25.9. The summed E-state index contributed by atoms with van der Waals surface area (Å²) in [5.41, 5.74) is 0. The van der Waals surface area contributed by atoms with Crippen molar-refractivity contribution in [1.29, 1.82) is 0 Å². The molecule has 1 saturated heterocycles. The Balaban J connectivity index is 1.92. The van der Waals surface area contributed by atoms with Crippen molar-refractivity contribution in [2.75, 3.05) is 13.6 Å². The van der Waals surface area contributed by atoms with E-state index in [1.165, 1.54) is 0 Å². The molecule has 2 aliphatic rings. The molecule has 5 nitrogen and oxygen atoms in total. The summed E-state index contributed by atoms with van der Waals surface area (Å²) >= 11 is 0. The lowest BCUT2D eigenvalue weighted by molar-refractivity contribution is -0.146. The maximum absolute atomic E-state index is 12.4. The number of nitrogens with one attached hydrogen (secondary N) is 1. The summed E-state index contributed by atoms with van der Waals surface area (Å²) in [7, 11) is 2.10. The molecule has 0 spiro atoms. The molecule has 1 aliphatic carbocycles. The lowest BCUT2D eigenvalue weighted by Crippen LogP contribution is -2.49. The van der Waals surface area contributed by atoms with Gasteiger partial charge in [-0.2, -0.15) is 0 Å². The number of aliphatic carboxylic acids is 1. The van der Waals surface area contributed by atoms with Crippen LogP contribution in [0.15, 0.2) is 0 Å². The molecule has 1 saturated carbocycles. The van der Waals surface area contributed by atoms with Crippen LogP contribution in [-0.2, 0) is 9.59 Å². The SMILES string of the molecule is CC1C[C@H](C(=O)NC2CCN(C)C(C)C2)[C@H](C(=O)O)C1. The van der Waals surface area contributed by atoms with Crippen molar-refractivity contribution in [3.8, 4) is 0 Å². The van der Waals surface area contributed by atoms with Crippen LogP contribution in [0.1, 0.15) is 39.5 Å². The predicted molar refractivity (Wildman–Crippen MR) is 76.3 cm³/mol. The summed E-state index contributed by atoms with van der Waals surface area (Å²) in [5, 5.41) is 12.3. The Morgan fingerprint density at radius 1 is 1.15 bits per heavy atom. The monoisotopic (exact) mass is 282 g/mol. The molecule has 0 aromatic carbocycles. The lowest BCUT2D eigenvalue weighted by atomic mass is 9.93. The van der Waals surface area contributed by atoms with E-state index >= 15 is 0 Å². The van der Waals surface area contributed by atoms with E-state index in [-0.39, 0.29) is 17.9 Å². The molecule has 5 heteroatoms. The quantitative estimate of drug-likeness (QED) is 0.819. The van der Waals surface area contributed by atoms with Crippen LogP contribution in [0.25, 0.3) is 0 Å². The number of amides is 1. The first-order valence-corrected chi connectivity index (χ1v) is 7.62. The van der Waals surface area contributed by atoms with Gasteiger partial charge in [0.05, 0.1) is 11.8 Å². The van der Waals surface area contributed by atoms with Crippen molar-refractivity contribution in [3.05, 3.63) is 0 Å². The minimum atomic E-state index is -0.828. The predicted octanol–water partition coefficient (Wildman–Crippen LogP) is 1.33. The maximum Gasteiger partial charge on any atom is 0.307 e. The molecule has 2 N–H and O–H groups in total. The zero-order valence-electron chi connectivity index (χ0n) is 12.6. The van der Waals surface area contributed by atoms with Crippen LogP contribution in [0.3, 0.4) is 0 Å². The van der Waals surface area contributed by atoms with E-state index in [4.69, 9.17) is 0 Å². The molecule has 1 amide bonds. The number of carbonyl (C=O) groups is 2. The molecule has 2 rings (SSSR count). The second-order valence-corrected chi connectivity index (χ2v) is 6.69. The summed E-state index contributed by atoms with van der Waals surface area (Å²) in [6.07, 6.45) is 3.22. The molecule has 0 aromatic heterocycles. The van der Waals surface area contributed by atoms with Gasteiger partial charge in [0.25, 0.3) is 0 Å². The van der Waals surface area contributed by atoms with E-state index in [9.17, 15) is 14.7 Å². The Hall–Kier alpha value is -1.10. The van der Waals surface area contributed by atoms with Gasteiger partial charge >= 0.3 is 5.97 Å². The first-order chi connectivity index (χ1) is 9.38. The van der Waals surface area contributed by atoms with Crippen LogP contribution in [0.4, 0.5) is 0 Å². The second kappa shape index (κ2) is 6.12. The van der Waals surface area contributed by atoms with Gasteiger partial charge in [-0.3, -0.25) is 9.59 Å². The summed E-state index contributed by atoms with van der Waals surface area (Å²) in [6.45, 7) is 5.17. The number of rotatable bonds is 3. The van der Waals surface area contributed by atoms with Crippen LogP contribution in [0.5, 0.6) is 0 Å². The number of carboxylic acids is 1. The van der Waals surface area contributed by atoms with Gasteiger partial charge < -0.3 is 15.3 Å². The van der Waals surface area contributed by atoms with Gasteiger partial charge in [-0.15, -0.1) is 0 Å². The van der Waals surface area contributed by atoms with Crippen molar-refractivity contribution >= 4 is 11.9 Å². The molecule has 0 bridgehead atoms. The first kappa shape index (κ1) is 15.3. The van der Waals surface area contributed by atoms with Crippen LogP contribution < -0.4 is 5.32 Å². The van der Waals surface area contributed by atoms with E-state index in [1.807, 2.05) is 6.92 Å². The van der Waals surface area contributed by atoms with Crippen LogP contribution in [0, 0.1) is 17.8 Å². The fourth-order valence-corrected chi connectivity index (χ4v) is 3.58. The summed E-state index contributed by atoms with van der Waals surface area (Å²) in [6, 6.07) is 0.658. The molecular weight excluding hydrogens is 256 g/mol. The Morgan fingerprint density at radius 2 is 1.80 bits per heavy atom. The lowest BCUT2D eigenvalue weighted by Gasteiger charge is -2.35. The minimum Gasteiger partial charge on any atom is -0.481 e. The molecule has 3 unspecified atom stereocenters. The third kappa shape index (κ3) is 3.32. The van der Waals surface area contributed by atoms with Crippen LogP contribution in [0.2, 0.25) is 0 Å². The molecule has 114 valence electrons. The van der Waals surface area contributed by atoms with Gasteiger partial charge in [0.1, 0.15) is 0 Å². The van der Waals surface area contributed by atoms with Crippen molar-refractivity contribution in [2.45, 2.75) is 51.6 Å². The number of likely N-dealkylation sites (tertiary alicyclic amines) is 1. The molecule has 1 heterocycles. The van der Waals surface area contributed by atoms with E-state index in [1.54, 1.807) is 0 Å². The highest BCUT2D eigenvalue weighted by molar-refractivity contribution is 5.85. The zero-order chi connectivity index (χ0) is 14.9. The summed E-state index contributed by atoms with van der Waals surface area (Å²) in [5.74, 6) is -1.41. The third-order valence-corrected chi connectivity index (χ3v) is 5.01. The highest BCUT2D eigenvalue weighted by Crippen LogP contribution is 2.36. The molecule has 1 aliphatic heterocycles. The van der Waals surface area contributed by atoms with Crippen LogP contribution >= 0.6 is 0 Å². The smallest absolute Gasteiger partial charge is 0.307 e. The van der Waals surface area contributed by atoms with Gasteiger partial charge in [0.2, 0.25) is 5.91 Å². The average Bonchev–Trinajstić information content (AvgIpc) is 2.76. The first-order valence-electron chi connectivity index (χ1n) is 7.62. The van der Waals surface area contributed by atoms with E-state index in [0.717, 1.165) is 19.4 Å². The third-order valence-electron chi connectivity index (χ3n) is 5.01. The number of nitrogens with zero attached hydrogens (tertiary/aromatic N) is 1. The van der Waals surface area contributed by atoms with E-state index < -0.39 is 11.9 Å². The normalized spacial score (nSPS) is 38.6. The number of hydrogen-bond acceptors (Lipinski definition) is 3. The fourth-order valence-electron chi connectivity index (χ4n) is 3.58. The molecule has 0 radical (unpaired) electrons. The molecule has 2 fully saturated rings. The number of carboxylic acid groups (broad SMARTS) is 1. The number of carbonyl (C=O) groups excluding carboxylic acids is 1. The molecule has 0 aromatic rings. The Morgan fingerprint density at radius 3 is 2.40 bits per heavy atom. The van der Waals surface area contributed by atoms with E-state index in [2.05, 4.69) is 24.2 Å². The highest BCUT2D eigenvalue weighted by atomic mass is 16.4. The van der Waals surface area contributed by atoms with Gasteiger partial charge in [0.15, 0.2) is 0 Å². The topological polar surface area (TPSA) is 69.6 Å². The molecule has 5 atom stereocenters. The Labute approximate surface area is 120 Å².